The van der Waals surface area contributed by atoms with Gasteiger partial charge in [0.2, 0.25) is 0 Å². The minimum Gasteiger partial charge on any atom is -0.334 e. The number of amides is 2. The highest BCUT2D eigenvalue weighted by molar-refractivity contribution is 5.74. The molecule has 30 heavy (non-hydrogen) atoms. The van der Waals surface area contributed by atoms with Gasteiger partial charge in [-0.2, -0.15) is 0 Å². The van der Waals surface area contributed by atoms with Gasteiger partial charge in [0.15, 0.2) is 0 Å². The SMILES string of the molecule is CC(C)(C)c1ccc(CNC(=O)N2CCC3(C=C(c4ccccc4)NO3)CC2)cc1. The van der Waals surface area contributed by atoms with Crippen LogP contribution in [-0.4, -0.2) is 29.6 Å². The number of nitrogens with one attached hydrogen (secondary N) is 2. The van der Waals surface area contributed by atoms with E-state index in [2.05, 4.69) is 74.0 Å². The van der Waals surface area contributed by atoms with Crippen molar-refractivity contribution in [3.63, 3.8) is 0 Å². The van der Waals surface area contributed by atoms with Gasteiger partial charge in [-0.1, -0.05) is 75.4 Å². The molecular formula is C25H31N3O2. The van der Waals surface area contributed by atoms with Crippen molar-refractivity contribution in [3.05, 3.63) is 77.4 Å². The Hall–Kier alpha value is -2.79. The third kappa shape index (κ3) is 4.51. The maximum absolute atomic E-state index is 12.6. The van der Waals surface area contributed by atoms with Crippen LogP contribution in [0.2, 0.25) is 0 Å². The molecule has 0 aliphatic carbocycles. The van der Waals surface area contributed by atoms with Crippen molar-refractivity contribution in [1.29, 1.82) is 0 Å². The molecule has 0 radical (unpaired) electrons. The molecule has 2 amide bonds. The fourth-order valence-electron chi connectivity index (χ4n) is 3.99. The van der Waals surface area contributed by atoms with Crippen molar-refractivity contribution in [2.24, 2.45) is 0 Å². The molecule has 2 aliphatic heterocycles. The quantitative estimate of drug-likeness (QED) is 0.784. The Morgan fingerprint density at radius 3 is 2.37 bits per heavy atom. The normalized spacial score (nSPS) is 18.1. The number of carbonyl (C=O) groups excluding carboxylic acids is 1. The van der Waals surface area contributed by atoms with E-state index in [-0.39, 0.29) is 17.0 Å². The monoisotopic (exact) mass is 405 g/mol. The summed E-state index contributed by atoms with van der Waals surface area (Å²) in [6.07, 6.45) is 3.74. The predicted octanol–water partition coefficient (Wildman–Crippen LogP) is 4.60. The highest BCUT2D eigenvalue weighted by Gasteiger charge is 2.39. The number of rotatable bonds is 3. The second kappa shape index (κ2) is 8.15. The molecule has 0 saturated carbocycles. The van der Waals surface area contributed by atoms with Crippen LogP contribution < -0.4 is 10.8 Å². The number of likely N-dealkylation sites (tertiary alicyclic amines) is 1. The fraction of sp³-hybridized carbons (Fsp3) is 0.400. The van der Waals surface area contributed by atoms with Crippen molar-refractivity contribution in [3.8, 4) is 0 Å². The zero-order chi connectivity index (χ0) is 21.2. The molecule has 2 heterocycles. The Balaban J connectivity index is 1.29. The summed E-state index contributed by atoms with van der Waals surface area (Å²) in [4.78, 5) is 20.5. The number of hydrogen-bond donors (Lipinski definition) is 2. The maximum Gasteiger partial charge on any atom is 0.317 e. The van der Waals surface area contributed by atoms with E-state index in [4.69, 9.17) is 4.84 Å². The van der Waals surface area contributed by atoms with E-state index in [1.807, 2.05) is 23.1 Å². The van der Waals surface area contributed by atoms with E-state index in [0.29, 0.717) is 19.6 Å². The van der Waals surface area contributed by atoms with Crippen LogP contribution in [0.15, 0.2) is 60.7 Å². The molecule has 2 aromatic carbocycles. The summed E-state index contributed by atoms with van der Waals surface area (Å²) in [6, 6.07) is 18.7. The highest BCUT2D eigenvalue weighted by Crippen LogP contribution is 2.34. The number of hydrogen-bond acceptors (Lipinski definition) is 3. The second-order valence-electron chi connectivity index (χ2n) is 9.29. The van der Waals surface area contributed by atoms with E-state index < -0.39 is 0 Å². The summed E-state index contributed by atoms with van der Waals surface area (Å²) in [5.74, 6) is 0. The first-order valence-corrected chi connectivity index (χ1v) is 10.7. The summed E-state index contributed by atoms with van der Waals surface area (Å²) in [5.41, 5.74) is 7.43. The lowest BCUT2D eigenvalue weighted by molar-refractivity contribution is -0.0639. The van der Waals surface area contributed by atoms with Gasteiger partial charge in [-0.15, -0.1) is 0 Å². The molecule has 1 saturated heterocycles. The van der Waals surface area contributed by atoms with Crippen LogP contribution in [0.1, 0.15) is 50.3 Å². The highest BCUT2D eigenvalue weighted by atomic mass is 16.7. The molecule has 0 atom stereocenters. The summed E-state index contributed by atoms with van der Waals surface area (Å²) in [7, 11) is 0. The summed E-state index contributed by atoms with van der Waals surface area (Å²) < 4.78 is 0. The summed E-state index contributed by atoms with van der Waals surface area (Å²) in [5, 5.41) is 3.06. The van der Waals surface area contributed by atoms with Crippen LogP contribution in [0.3, 0.4) is 0 Å². The Morgan fingerprint density at radius 1 is 1.07 bits per heavy atom. The fourth-order valence-corrected chi connectivity index (χ4v) is 3.99. The maximum atomic E-state index is 12.6. The summed E-state index contributed by atoms with van der Waals surface area (Å²) in [6.45, 7) is 8.50. The molecule has 5 heteroatoms. The van der Waals surface area contributed by atoms with Crippen LogP contribution in [0, 0.1) is 0 Å². The largest absolute Gasteiger partial charge is 0.334 e. The molecular weight excluding hydrogens is 374 g/mol. The molecule has 2 aliphatic rings. The third-order valence-electron chi connectivity index (χ3n) is 6.02. The molecule has 2 N–H and O–H groups in total. The minimum absolute atomic E-state index is 0.0111. The van der Waals surface area contributed by atoms with Gasteiger partial charge in [-0.3, -0.25) is 10.3 Å². The summed E-state index contributed by atoms with van der Waals surface area (Å²) >= 11 is 0. The molecule has 158 valence electrons. The van der Waals surface area contributed by atoms with E-state index in [0.717, 1.165) is 29.7 Å². The average molecular weight is 406 g/mol. The number of piperidine rings is 1. The standard InChI is InChI=1S/C25H31N3O2/c1-24(2,3)21-11-9-19(10-12-21)18-26-23(29)28-15-13-25(14-16-28)17-22(27-30-25)20-7-5-4-6-8-20/h4-12,17,27H,13-16,18H2,1-3H3,(H,26,29). The van der Waals surface area contributed by atoms with Crippen LogP contribution in [0.4, 0.5) is 4.79 Å². The lowest BCUT2D eigenvalue weighted by Crippen LogP contribution is -2.49. The van der Waals surface area contributed by atoms with Gasteiger partial charge in [-0.05, 0) is 28.2 Å². The Labute approximate surface area is 179 Å². The second-order valence-corrected chi connectivity index (χ2v) is 9.29. The minimum atomic E-state index is -0.329. The van der Waals surface area contributed by atoms with Gasteiger partial charge >= 0.3 is 6.03 Å². The van der Waals surface area contributed by atoms with E-state index >= 15 is 0 Å². The van der Waals surface area contributed by atoms with Gasteiger partial charge in [0.25, 0.3) is 0 Å². The zero-order valence-corrected chi connectivity index (χ0v) is 18.1. The number of nitrogens with zero attached hydrogens (tertiary/aromatic N) is 1. The van der Waals surface area contributed by atoms with Crippen molar-refractivity contribution in [2.75, 3.05) is 13.1 Å². The molecule has 0 unspecified atom stereocenters. The Bertz CT molecular complexity index is 906. The van der Waals surface area contributed by atoms with Crippen molar-refractivity contribution >= 4 is 11.7 Å². The molecule has 5 nitrogen and oxygen atoms in total. The van der Waals surface area contributed by atoms with Gasteiger partial charge in [0.05, 0.1) is 5.70 Å². The number of urea groups is 1. The smallest absolute Gasteiger partial charge is 0.317 e. The molecule has 0 bridgehead atoms. The number of benzene rings is 2. The van der Waals surface area contributed by atoms with E-state index in [1.165, 1.54) is 5.56 Å². The van der Waals surface area contributed by atoms with E-state index in [1.54, 1.807) is 0 Å². The average Bonchev–Trinajstić information content (AvgIpc) is 3.16. The number of carbonyl (C=O) groups is 1. The van der Waals surface area contributed by atoms with Gasteiger partial charge in [0, 0.05) is 32.5 Å². The van der Waals surface area contributed by atoms with Crippen molar-refractivity contribution in [1.82, 2.24) is 15.7 Å². The van der Waals surface area contributed by atoms with Gasteiger partial charge in [0.1, 0.15) is 5.60 Å². The van der Waals surface area contributed by atoms with Crippen molar-refractivity contribution in [2.45, 2.75) is 51.2 Å². The zero-order valence-electron chi connectivity index (χ0n) is 18.1. The molecule has 0 aromatic heterocycles. The molecule has 4 rings (SSSR count). The Morgan fingerprint density at radius 2 is 1.73 bits per heavy atom. The third-order valence-corrected chi connectivity index (χ3v) is 6.02. The van der Waals surface area contributed by atoms with Gasteiger partial charge < -0.3 is 10.2 Å². The molecule has 1 spiro atoms. The Kier molecular flexibility index (Phi) is 5.56. The van der Waals surface area contributed by atoms with Crippen LogP contribution in [0.5, 0.6) is 0 Å². The number of hydroxylamine groups is 1. The van der Waals surface area contributed by atoms with Gasteiger partial charge in [-0.25, -0.2) is 4.79 Å². The van der Waals surface area contributed by atoms with E-state index in [9.17, 15) is 4.79 Å². The molecule has 2 aromatic rings. The first kappa shape index (κ1) is 20.5. The predicted molar refractivity (Wildman–Crippen MR) is 120 cm³/mol. The first-order chi connectivity index (χ1) is 14.3. The van der Waals surface area contributed by atoms with Crippen molar-refractivity contribution < 1.29 is 9.63 Å². The van der Waals surface area contributed by atoms with Crippen LogP contribution in [-0.2, 0) is 16.8 Å². The topological polar surface area (TPSA) is 53.6 Å². The first-order valence-electron chi connectivity index (χ1n) is 10.7. The van der Waals surface area contributed by atoms with Crippen LogP contribution >= 0.6 is 0 Å². The van der Waals surface area contributed by atoms with Crippen LogP contribution in [0.25, 0.3) is 5.70 Å². The molecule has 1 fully saturated rings. The lowest BCUT2D eigenvalue weighted by Gasteiger charge is -2.36. The lowest BCUT2D eigenvalue weighted by atomic mass is 9.87.